The molecule has 0 heterocycles. The molecule has 0 saturated carbocycles. The van der Waals surface area contributed by atoms with Crippen LogP contribution in [-0.2, 0) is 10.0 Å². The summed E-state index contributed by atoms with van der Waals surface area (Å²) in [5.74, 6) is 0.614. The number of ether oxygens (including phenoxy) is 2. The molecule has 0 bridgehead atoms. The largest absolute Gasteiger partial charge is 0.493 e. The highest BCUT2D eigenvalue weighted by molar-refractivity contribution is 7.89. The molecular weight excluding hydrogens is 414 g/mol. The summed E-state index contributed by atoms with van der Waals surface area (Å²) in [6.07, 6.45) is 3.00. The van der Waals surface area contributed by atoms with Crippen molar-refractivity contribution in [3.05, 3.63) is 58.6 Å². The average molecular weight is 438 g/mol. The molecule has 0 fully saturated rings. The lowest BCUT2D eigenvalue weighted by atomic mass is 10.1. The first-order valence-electron chi connectivity index (χ1n) is 9.02. The van der Waals surface area contributed by atoms with E-state index in [1.807, 2.05) is 0 Å². The Hall–Kier alpha value is -2.35. The molecule has 2 aromatic carbocycles. The van der Waals surface area contributed by atoms with Crippen molar-refractivity contribution in [3.63, 3.8) is 0 Å². The zero-order chi connectivity index (χ0) is 21.6. The van der Waals surface area contributed by atoms with Crippen molar-refractivity contribution < 1.29 is 22.7 Å². The van der Waals surface area contributed by atoms with Gasteiger partial charge in [0.1, 0.15) is 0 Å². The molecule has 0 N–H and O–H groups in total. The van der Waals surface area contributed by atoms with Crippen molar-refractivity contribution in [2.24, 2.45) is 0 Å². The Morgan fingerprint density at radius 3 is 2.21 bits per heavy atom. The monoisotopic (exact) mass is 437 g/mol. The van der Waals surface area contributed by atoms with E-state index in [1.165, 1.54) is 48.9 Å². The number of nitrogens with zero attached hydrogens (tertiary/aromatic N) is 1. The third-order valence-corrected chi connectivity index (χ3v) is 6.71. The molecule has 2 rings (SSSR count). The number of carbonyl (C=O) groups excluding carboxylic acids is 1. The fourth-order valence-corrected chi connectivity index (χ4v) is 4.56. The maximum Gasteiger partial charge on any atom is 0.243 e. The van der Waals surface area contributed by atoms with E-state index in [-0.39, 0.29) is 10.7 Å². The van der Waals surface area contributed by atoms with Gasteiger partial charge in [-0.1, -0.05) is 31.5 Å². The predicted molar refractivity (Wildman–Crippen MR) is 114 cm³/mol. The summed E-state index contributed by atoms with van der Waals surface area (Å²) in [6, 6.07) is 9.26. The third kappa shape index (κ3) is 5.18. The van der Waals surface area contributed by atoms with Gasteiger partial charge in [-0.05, 0) is 48.0 Å². The summed E-state index contributed by atoms with van der Waals surface area (Å²) in [5, 5.41) is 0.366. The maximum absolute atomic E-state index is 12.5. The van der Waals surface area contributed by atoms with Crippen molar-refractivity contribution in [1.29, 1.82) is 0 Å². The van der Waals surface area contributed by atoms with Crippen LogP contribution in [0.25, 0.3) is 6.08 Å². The minimum absolute atomic E-state index is 0.161. The fraction of sp³-hybridized carbons (Fsp3) is 0.286. The zero-order valence-electron chi connectivity index (χ0n) is 16.8. The Morgan fingerprint density at radius 1 is 1.07 bits per heavy atom. The number of methoxy groups -OCH3 is 2. The van der Waals surface area contributed by atoms with Crippen LogP contribution in [0.2, 0.25) is 5.02 Å². The fourth-order valence-electron chi connectivity index (χ4n) is 2.81. The molecule has 0 unspecified atom stereocenters. The number of sulfonamides is 1. The summed E-state index contributed by atoms with van der Waals surface area (Å²) in [5.41, 5.74) is 1.05. The van der Waals surface area contributed by atoms with Gasteiger partial charge in [0, 0.05) is 18.7 Å². The lowest BCUT2D eigenvalue weighted by Gasteiger charge is -2.18. The first-order chi connectivity index (χ1) is 13.8. The Bertz CT molecular complexity index is 996. The minimum atomic E-state index is -3.55. The highest BCUT2D eigenvalue weighted by Gasteiger charge is 2.21. The normalized spacial score (nSPS) is 11.8. The second-order valence-corrected chi connectivity index (χ2v) is 8.39. The Morgan fingerprint density at radius 2 is 1.69 bits per heavy atom. The van der Waals surface area contributed by atoms with Crippen LogP contribution in [0, 0.1) is 0 Å². The molecular formula is C21H24ClNO5S. The van der Waals surface area contributed by atoms with Gasteiger partial charge in [0.05, 0.1) is 24.1 Å². The smallest absolute Gasteiger partial charge is 0.243 e. The van der Waals surface area contributed by atoms with Gasteiger partial charge >= 0.3 is 0 Å². The number of benzene rings is 2. The quantitative estimate of drug-likeness (QED) is 0.432. The van der Waals surface area contributed by atoms with Crippen molar-refractivity contribution in [3.8, 4) is 11.5 Å². The summed E-state index contributed by atoms with van der Waals surface area (Å²) in [7, 11) is -0.561. The molecule has 0 aliphatic carbocycles. The average Bonchev–Trinajstić information content (AvgIpc) is 2.72. The van der Waals surface area contributed by atoms with Crippen molar-refractivity contribution in [2.75, 3.05) is 27.3 Å². The standard InChI is InChI=1S/C21H24ClNO5S/c1-5-23(6-2)29(25,26)17-10-8-16(9-11-17)19(24)12-7-15-13-18(22)21(28-4)20(14-15)27-3/h7-14H,5-6H2,1-4H3. The van der Waals surface area contributed by atoms with Gasteiger partial charge in [0.2, 0.25) is 10.0 Å². The van der Waals surface area contributed by atoms with Crippen LogP contribution < -0.4 is 9.47 Å². The Labute approximate surface area is 176 Å². The molecule has 0 aromatic heterocycles. The van der Waals surface area contributed by atoms with Gasteiger partial charge in [-0.25, -0.2) is 8.42 Å². The molecule has 0 saturated heterocycles. The van der Waals surface area contributed by atoms with Crippen LogP contribution in [0.15, 0.2) is 47.4 Å². The number of allylic oxidation sites excluding steroid dienone is 1. The number of rotatable bonds is 9. The van der Waals surface area contributed by atoms with Crippen LogP contribution >= 0.6 is 11.6 Å². The molecule has 0 radical (unpaired) electrons. The molecule has 2 aromatic rings. The molecule has 0 atom stereocenters. The third-order valence-electron chi connectivity index (χ3n) is 4.37. The number of halogens is 1. The van der Waals surface area contributed by atoms with Gasteiger partial charge in [0.25, 0.3) is 0 Å². The molecule has 0 amide bonds. The summed E-state index contributed by atoms with van der Waals surface area (Å²) in [4.78, 5) is 12.6. The van der Waals surface area contributed by atoms with E-state index in [1.54, 1.807) is 32.1 Å². The van der Waals surface area contributed by atoms with Gasteiger partial charge in [-0.15, -0.1) is 0 Å². The van der Waals surface area contributed by atoms with Crippen molar-refractivity contribution >= 4 is 33.5 Å². The lowest BCUT2D eigenvalue weighted by Crippen LogP contribution is -2.30. The lowest BCUT2D eigenvalue weighted by molar-refractivity contribution is 0.104. The number of hydrogen-bond donors (Lipinski definition) is 0. The maximum atomic E-state index is 12.5. The molecule has 0 aliphatic heterocycles. The topological polar surface area (TPSA) is 72.9 Å². The summed E-state index contributed by atoms with van der Waals surface area (Å²) >= 11 is 6.17. The van der Waals surface area contributed by atoms with Crippen LogP contribution in [0.5, 0.6) is 11.5 Å². The zero-order valence-corrected chi connectivity index (χ0v) is 18.4. The van der Waals surface area contributed by atoms with E-state index < -0.39 is 10.0 Å². The minimum Gasteiger partial charge on any atom is -0.493 e. The van der Waals surface area contributed by atoms with Crippen LogP contribution in [0.4, 0.5) is 0 Å². The summed E-state index contributed by atoms with van der Waals surface area (Å²) in [6.45, 7) is 4.33. The first kappa shape index (κ1) is 22.9. The van der Waals surface area contributed by atoms with Gasteiger partial charge in [0.15, 0.2) is 17.3 Å². The molecule has 29 heavy (non-hydrogen) atoms. The SMILES string of the molecule is CCN(CC)S(=O)(=O)c1ccc(C(=O)C=Cc2cc(Cl)c(OC)c(OC)c2)cc1. The van der Waals surface area contributed by atoms with Gasteiger partial charge < -0.3 is 9.47 Å². The number of ketones is 1. The summed E-state index contributed by atoms with van der Waals surface area (Å²) < 4.78 is 36.8. The molecule has 0 aliphatic rings. The number of carbonyl (C=O) groups is 1. The van der Waals surface area contributed by atoms with Crippen molar-refractivity contribution in [1.82, 2.24) is 4.31 Å². The van der Waals surface area contributed by atoms with Crippen LogP contribution in [0.3, 0.4) is 0 Å². The Balaban J connectivity index is 2.23. The second-order valence-electron chi connectivity index (χ2n) is 6.05. The highest BCUT2D eigenvalue weighted by atomic mass is 35.5. The van der Waals surface area contributed by atoms with Crippen LogP contribution in [0.1, 0.15) is 29.8 Å². The van der Waals surface area contributed by atoms with E-state index >= 15 is 0 Å². The molecule has 8 heteroatoms. The van der Waals surface area contributed by atoms with Gasteiger partial charge in [-0.2, -0.15) is 4.31 Å². The van der Waals surface area contributed by atoms with Crippen LogP contribution in [-0.4, -0.2) is 45.8 Å². The van der Waals surface area contributed by atoms with Crippen molar-refractivity contribution in [2.45, 2.75) is 18.7 Å². The number of hydrogen-bond acceptors (Lipinski definition) is 5. The van der Waals surface area contributed by atoms with Gasteiger partial charge in [-0.3, -0.25) is 4.79 Å². The van der Waals surface area contributed by atoms with E-state index in [2.05, 4.69) is 0 Å². The first-order valence-corrected chi connectivity index (χ1v) is 10.8. The van der Waals surface area contributed by atoms with E-state index in [0.717, 1.165) is 0 Å². The molecule has 0 spiro atoms. The second kappa shape index (κ2) is 9.91. The van der Waals surface area contributed by atoms with E-state index in [4.69, 9.17) is 21.1 Å². The predicted octanol–water partition coefficient (Wildman–Crippen LogP) is 4.28. The van der Waals surface area contributed by atoms with E-state index in [9.17, 15) is 13.2 Å². The molecule has 6 nitrogen and oxygen atoms in total. The molecule has 156 valence electrons. The highest BCUT2D eigenvalue weighted by Crippen LogP contribution is 2.36. The Kier molecular flexibility index (Phi) is 7.84. The van der Waals surface area contributed by atoms with E-state index in [0.29, 0.717) is 40.7 Å².